The Labute approximate surface area is 121 Å². The number of Topliss-reactive ketones (excluding diaryl/α,β-unsaturated/α-hetero) is 1. The molecule has 19 heavy (non-hydrogen) atoms. The number of rotatable bonds is 5. The van der Waals surface area contributed by atoms with Crippen LogP contribution >= 0.6 is 15.9 Å². The van der Waals surface area contributed by atoms with Crippen LogP contribution in [0, 0.1) is 11.3 Å². The summed E-state index contributed by atoms with van der Waals surface area (Å²) in [6.07, 6.45) is 3.10. The van der Waals surface area contributed by atoms with Gasteiger partial charge in [-0.15, -0.1) is 0 Å². The van der Waals surface area contributed by atoms with Crippen LogP contribution in [-0.2, 0) is 16.0 Å². The summed E-state index contributed by atoms with van der Waals surface area (Å²) in [5.74, 6) is -0.508. The molecule has 0 aliphatic heterocycles. The molecular weight excluding hydrogens is 306 g/mol. The van der Waals surface area contributed by atoms with Crippen LogP contribution in [0.25, 0.3) is 0 Å². The molecule has 0 heterocycles. The van der Waals surface area contributed by atoms with Crippen LogP contribution in [0.5, 0.6) is 0 Å². The largest absolute Gasteiger partial charge is 0.369 e. The normalized spacial score (nSPS) is 26.3. The smallest absolute Gasteiger partial charge is 0.231 e. The van der Waals surface area contributed by atoms with Gasteiger partial charge < -0.3 is 5.73 Å². The summed E-state index contributed by atoms with van der Waals surface area (Å²) < 4.78 is 0. The summed E-state index contributed by atoms with van der Waals surface area (Å²) in [6, 6.07) is 9.97. The highest BCUT2D eigenvalue weighted by Gasteiger charge is 2.52. The first-order valence-electron chi connectivity index (χ1n) is 6.54. The minimum Gasteiger partial charge on any atom is -0.369 e. The van der Waals surface area contributed by atoms with Crippen LogP contribution in [0.2, 0.25) is 0 Å². The van der Waals surface area contributed by atoms with Crippen molar-refractivity contribution in [3.63, 3.8) is 0 Å². The lowest BCUT2D eigenvalue weighted by Gasteiger charge is -2.30. The van der Waals surface area contributed by atoms with E-state index >= 15 is 0 Å². The molecule has 0 radical (unpaired) electrons. The molecule has 1 aromatic rings. The van der Waals surface area contributed by atoms with Crippen molar-refractivity contribution in [1.82, 2.24) is 0 Å². The maximum Gasteiger partial charge on any atom is 0.231 e. The summed E-state index contributed by atoms with van der Waals surface area (Å²) in [7, 11) is 0. The Balaban J connectivity index is 2.28. The molecule has 2 rings (SSSR count). The van der Waals surface area contributed by atoms with E-state index < -0.39 is 11.3 Å². The zero-order chi connectivity index (χ0) is 13.9. The average Bonchev–Trinajstić information content (AvgIpc) is 2.83. The molecule has 3 nitrogen and oxygen atoms in total. The van der Waals surface area contributed by atoms with Gasteiger partial charge in [0, 0.05) is 0 Å². The molecule has 1 saturated carbocycles. The van der Waals surface area contributed by atoms with E-state index in [1.54, 1.807) is 0 Å². The van der Waals surface area contributed by atoms with Crippen molar-refractivity contribution < 1.29 is 9.59 Å². The van der Waals surface area contributed by atoms with Gasteiger partial charge in [-0.1, -0.05) is 52.7 Å². The van der Waals surface area contributed by atoms with Gasteiger partial charge >= 0.3 is 0 Å². The number of hydrogen-bond donors (Lipinski definition) is 1. The average molecular weight is 324 g/mol. The van der Waals surface area contributed by atoms with E-state index in [1.165, 1.54) is 0 Å². The molecule has 0 aromatic heterocycles. The molecule has 0 saturated heterocycles. The zero-order valence-corrected chi connectivity index (χ0v) is 12.4. The number of alkyl halides is 1. The van der Waals surface area contributed by atoms with Crippen LogP contribution in [-0.4, -0.2) is 17.0 Å². The van der Waals surface area contributed by atoms with Crippen molar-refractivity contribution in [1.29, 1.82) is 0 Å². The summed E-state index contributed by atoms with van der Waals surface area (Å²) in [6.45, 7) is 0. The fourth-order valence-electron chi connectivity index (χ4n) is 3.20. The van der Waals surface area contributed by atoms with E-state index in [0.717, 1.165) is 24.8 Å². The Morgan fingerprint density at radius 2 is 2.00 bits per heavy atom. The molecule has 1 amide bonds. The van der Waals surface area contributed by atoms with Crippen LogP contribution in [0.3, 0.4) is 0 Å². The van der Waals surface area contributed by atoms with Gasteiger partial charge in [0.15, 0.2) is 5.78 Å². The highest BCUT2D eigenvalue weighted by Crippen LogP contribution is 2.46. The Kier molecular flexibility index (Phi) is 4.40. The molecule has 0 bridgehead atoms. The third-order valence-corrected chi connectivity index (χ3v) is 4.71. The number of benzene rings is 1. The molecule has 2 unspecified atom stereocenters. The first-order chi connectivity index (χ1) is 9.11. The molecule has 1 fully saturated rings. The molecule has 102 valence electrons. The second-order valence-electron chi connectivity index (χ2n) is 5.17. The van der Waals surface area contributed by atoms with Gasteiger partial charge in [-0.25, -0.2) is 0 Å². The molecule has 2 N–H and O–H groups in total. The van der Waals surface area contributed by atoms with E-state index in [-0.39, 0.29) is 17.0 Å². The van der Waals surface area contributed by atoms with Crippen LogP contribution in [0.15, 0.2) is 30.3 Å². The quantitative estimate of drug-likeness (QED) is 0.668. The molecule has 2 atom stereocenters. The third-order valence-electron chi connectivity index (χ3n) is 4.20. The van der Waals surface area contributed by atoms with Crippen LogP contribution in [0.1, 0.15) is 24.8 Å². The number of carbonyl (C=O) groups is 2. The SMILES string of the molecule is NC(=O)C1(C(=O)CBr)CCCC1Cc1ccccc1. The van der Waals surface area contributed by atoms with Gasteiger partial charge in [0.1, 0.15) is 5.41 Å². The molecule has 0 spiro atoms. The summed E-state index contributed by atoms with van der Waals surface area (Å²) in [5, 5.41) is 0.196. The number of carbonyl (C=O) groups excluding carboxylic acids is 2. The first kappa shape index (κ1) is 14.3. The van der Waals surface area contributed by atoms with Gasteiger partial charge in [-0.2, -0.15) is 0 Å². The minimum atomic E-state index is -0.973. The van der Waals surface area contributed by atoms with Crippen LogP contribution < -0.4 is 5.73 Å². The number of primary amides is 1. The summed E-state index contributed by atoms with van der Waals surface area (Å²) in [4.78, 5) is 24.1. The number of halogens is 1. The fourth-order valence-corrected chi connectivity index (χ4v) is 3.70. The number of hydrogen-bond acceptors (Lipinski definition) is 2. The maximum absolute atomic E-state index is 12.2. The number of ketones is 1. The highest BCUT2D eigenvalue weighted by molar-refractivity contribution is 9.09. The second-order valence-corrected chi connectivity index (χ2v) is 5.73. The van der Waals surface area contributed by atoms with E-state index in [0.29, 0.717) is 6.42 Å². The van der Waals surface area contributed by atoms with E-state index in [2.05, 4.69) is 15.9 Å². The molecule has 1 aliphatic rings. The Morgan fingerprint density at radius 1 is 1.32 bits per heavy atom. The predicted molar refractivity (Wildman–Crippen MR) is 77.9 cm³/mol. The van der Waals surface area contributed by atoms with Gasteiger partial charge in [-0.05, 0) is 30.7 Å². The van der Waals surface area contributed by atoms with Crippen molar-refractivity contribution in [3.05, 3.63) is 35.9 Å². The van der Waals surface area contributed by atoms with Gasteiger partial charge in [0.05, 0.1) is 5.33 Å². The Bertz CT molecular complexity index is 474. The topological polar surface area (TPSA) is 60.2 Å². The molecule has 1 aromatic carbocycles. The Hall–Kier alpha value is -1.16. The molecule has 1 aliphatic carbocycles. The first-order valence-corrected chi connectivity index (χ1v) is 7.66. The number of amides is 1. The Morgan fingerprint density at radius 3 is 2.58 bits per heavy atom. The van der Waals surface area contributed by atoms with Crippen molar-refractivity contribution in [2.45, 2.75) is 25.7 Å². The predicted octanol–water partition coefficient (Wildman–Crippen LogP) is 2.46. The zero-order valence-electron chi connectivity index (χ0n) is 10.8. The van der Waals surface area contributed by atoms with E-state index in [1.807, 2.05) is 30.3 Å². The van der Waals surface area contributed by atoms with E-state index in [4.69, 9.17) is 5.73 Å². The summed E-state index contributed by atoms with van der Waals surface area (Å²) >= 11 is 3.18. The van der Waals surface area contributed by atoms with Crippen LogP contribution in [0.4, 0.5) is 0 Å². The van der Waals surface area contributed by atoms with Crippen molar-refractivity contribution in [2.24, 2.45) is 17.1 Å². The summed E-state index contributed by atoms with van der Waals surface area (Å²) in [5.41, 5.74) is 5.75. The second kappa shape index (κ2) is 5.87. The van der Waals surface area contributed by atoms with Gasteiger partial charge in [0.2, 0.25) is 5.91 Å². The lowest BCUT2D eigenvalue weighted by Crippen LogP contribution is -2.47. The third kappa shape index (κ3) is 2.59. The van der Waals surface area contributed by atoms with Crippen molar-refractivity contribution in [2.75, 3.05) is 5.33 Å². The fraction of sp³-hybridized carbons (Fsp3) is 0.467. The van der Waals surface area contributed by atoms with E-state index in [9.17, 15) is 9.59 Å². The van der Waals surface area contributed by atoms with Gasteiger partial charge in [-0.3, -0.25) is 9.59 Å². The lowest BCUT2D eigenvalue weighted by atomic mass is 9.71. The molecular formula is C15H18BrNO2. The standard InChI is InChI=1S/C15H18BrNO2/c16-10-13(18)15(14(17)19)8-4-7-12(15)9-11-5-2-1-3-6-11/h1-3,5-6,12H,4,7-10H2,(H2,17,19). The molecule has 4 heteroatoms. The highest BCUT2D eigenvalue weighted by atomic mass is 79.9. The number of nitrogens with two attached hydrogens (primary N) is 1. The van der Waals surface area contributed by atoms with Gasteiger partial charge in [0.25, 0.3) is 0 Å². The van der Waals surface area contributed by atoms with Crippen molar-refractivity contribution in [3.8, 4) is 0 Å². The van der Waals surface area contributed by atoms with Crippen molar-refractivity contribution >= 4 is 27.6 Å². The monoisotopic (exact) mass is 323 g/mol. The maximum atomic E-state index is 12.2. The lowest BCUT2D eigenvalue weighted by molar-refractivity contribution is -0.141. The minimum absolute atomic E-state index is 0.0254.